The summed E-state index contributed by atoms with van der Waals surface area (Å²) in [6.45, 7) is 5.75. The molecule has 0 atom stereocenters. The molecule has 0 bridgehead atoms. The van der Waals surface area contributed by atoms with Crippen LogP contribution in [0.3, 0.4) is 0 Å². The zero-order chi connectivity index (χ0) is 20.2. The van der Waals surface area contributed by atoms with E-state index in [9.17, 15) is 0 Å². The van der Waals surface area contributed by atoms with Crippen LogP contribution in [0.4, 0.5) is 5.69 Å². The van der Waals surface area contributed by atoms with Gasteiger partial charge in [-0.1, -0.05) is 48.5 Å². The number of para-hydroxylation sites is 4. The Morgan fingerprint density at radius 2 is 1.47 bits per heavy atom. The van der Waals surface area contributed by atoms with Gasteiger partial charge in [0.1, 0.15) is 12.4 Å². The van der Waals surface area contributed by atoms with Crippen LogP contribution in [0.25, 0.3) is 11.0 Å². The van der Waals surface area contributed by atoms with E-state index in [1.54, 1.807) is 4.90 Å². The van der Waals surface area contributed by atoms with E-state index < -0.39 is 0 Å². The highest BCUT2D eigenvalue weighted by Crippen LogP contribution is 2.18. The molecule has 2 heterocycles. The maximum atomic E-state index is 6.03. The molecule has 0 spiro atoms. The summed E-state index contributed by atoms with van der Waals surface area (Å²) in [5.41, 5.74) is 3.54. The second-order valence-electron chi connectivity index (χ2n) is 7.78. The monoisotopic (exact) mass is 399 g/mol. The van der Waals surface area contributed by atoms with Crippen LogP contribution in [0.15, 0.2) is 84.9 Å². The van der Waals surface area contributed by atoms with Crippen molar-refractivity contribution in [3.63, 3.8) is 0 Å². The van der Waals surface area contributed by atoms with E-state index in [1.807, 2.05) is 36.4 Å². The first-order valence-corrected chi connectivity index (χ1v) is 10.6. The van der Waals surface area contributed by atoms with Crippen LogP contribution in [0.1, 0.15) is 5.82 Å². The van der Waals surface area contributed by atoms with Gasteiger partial charge in [-0.3, -0.25) is 4.57 Å². The van der Waals surface area contributed by atoms with Crippen molar-refractivity contribution in [2.24, 2.45) is 0 Å². The lowest BCUT2D eigenvalue weighted by molar-refractivity contribution is -0.923. The molecule has 0 unspecified atom stereocenters. The maximum absolute atomic E-state index is 6.03. The quantitative estimate of drug-likeness (QED) is 0.541. The summed E-state index contributed by atoms with van der Waals surface area (Å²) >= 11 is 0. The fraction of sp³-hybridized carbons (Fsp3) is 0.240. The van der Waals surface area contributed by atoms with Crippen molar-refractivity contribution in [1.29, 1.82) is 0 Å². The summed E-state index contributed by atoms with van der Waals surface area (Å²) in [6, 6.07) is 29.1. The minimum Gasteiger partial charge on any atom is -0.486 e. The molecular weight excluding hydrogens is 372 g/mol. The minimum absolute atomic E-state index is 0.474. The van der Waals surface area contributed by atoms with Crippen molar-refractivity contribution in [3.05, 3.63) is 90.8 Å². The first-order valence-electron chi connectivity index (χ1n) is 10.6. The Hall–Kier alpha value is -3.31. The van der Waals surface area contributed by atoms with E-state index in [0.29, 0.717) is 6.61 Å². The van der Waals surface area contributed by atoms with Gasteiger partial charge in [-0.2, -0.15) is 0 Å². The Kier molecular flexibility index (Phi) is 5.36. The number of fused-ring (bicyclic) bond motifs is 1. The van der Waals surface area contributed by atoms with Gasteiger partial charge >= 0.3 is 0 Å². The molecule has 0 saturated carbocycles. The number of nitrogens with zero attached hydrogens (tertiary/aromatic N) is 3. The SMILES string of the molecule is c1ccc(OCc2nc3ccccc3n2C[NH+]2CCN(c3ccccc3)CC2)cc1. The van der Waals surface area contributed by atoms with Crippen LogP contribution < -0.4 is 14.5 Å². The molecule has 1 saturated heterocycles. The average molecular weight is 400 g/mol. The van der Waals surface area contributed by atoms with Crippen LogP contribution in [0.5, 0.6) is 5.75 Å². The Bertz CT molecular complexity index is 1090. The smallest absolute Gasteiger partial charge is 0.158 e. The molecule has 1 N–H and O–H groups in total. The number of benzene rings is 3. The molecule has 4 aromatic rings. The van der Waals surface area contributed by atoms with Crippen molar-refractivity contribution in [2.45, 2.75) is 13.3 Å². The number of anilines is 1. The number of ether oxygens (including phenoxy) is 1. The Balaban J connectivity index is 1.31. The number of aromatic nitrogens is 2. The number of nitrogens with one attached hydrogen (secondary N) is 1. The van der Waals surface area contributed by atoms with Crippen molar-refractivity contribution < 1.29 is 9.64 Å². The van der Waals surface area contributed by atoms with Gasteiger partial charge in [-0.05, 0) is 36.4 Å². The van der Waals surface area contributed by atoms with E-state index in [0.717, 1.165) is 49.9 Å². The third kappa shape index (κ3) is 4.02. The highest BCUT2D eigenvalue weighted by atomic mass is 16.5. The van der Waals surface area contributed by atoms with Crippen molar-refractivity contribution in [3.8, 4) is 5.75 Å². The molecular formula is C25H27N4O+. The fourth-order valence-corrected chi connectivity index (χ4v) is 4.18. The number of quaternary nitrogens is 1. The molecule has 3 aromatic carbocycles. The van der Waals surface area contributed by atoms with Crippen molar-refractivity contribution in [2.75, 3.05) is 31.1 Å². The zero-order valence-electron chi connectivity index (χ0n) is 17.1. The summed E-state index contributed by atoms with van der Waals surface area (Å²) in [4.78, 5) is 8.93. The van der Waals surface area contributed by atoms with Gasteiger partial charge in [0.05, 0.1) is 37.2 Å². The van der Waals surface area contributed by atoms with Crippen molar-refractivity contribution >= 4 is 16.7 Å². The molecule has 1 aliphatic heterocycles. The largest absolute Gasteiger partial charge is 0.486 e. The second-order valence-corrected chi connectivity index (χ2v) is 7.78. The topological polar surface area (TPSA) is 34.7 Å². The predicted octanol–water partition coefficient (Wildman–Crippen LogP) is 2.98. The Morgan fingerprint density at radius 1 is 0.800 bits per heavy atom. The van der Waals surface area contributed by atoms with Gasteiger partial charge in [0, 0.05) is 5.69 Å². The Morgan fingerprint density at radius 3 is 2.23 bits per heavy atom. The molecule has 152 valence electrons. The maximum Gasteiger partial charge on any atom is 0.158 e. The van der Waals surface area contributed by atoms with E-state index in [1.165, 1.54) is 11.2 Å². The van der Waals surface area contributed by atoms with Crippen LogP contribution in [0, 0.1) is 0 Å². The van der Waals surface area contributed by atoms with E-state index in [-0.39, 0.29) is 0 Å². The van der Waals surface area contributed by atoms with Crippen molar-refractivity contribution in [1.82, 2.24) is 9.55 Å². The lowest BCUT2D eigenvalue weighted by atomic mass is 10.2. The lowest BCUT2D eigenvalue weighted by Gasteiger charge is -2.34. The third-order valence-corrected chi connectivity index (χ3v) is 5.82. The van der Waals surface area contributed by atoms with Gasteiger partial charge in [0.25, 0.3) is 0 Å². The van der Waals surface area contributed by atoms with Crippen LogP contribution in [-0.4, -0.2) is 35.7 Å². The fourth-order valence-electron chi connectivity index (χ4n) is 4.18. The number of hydrogen-bond acceptors (Lipinski definition) is 3. The highest BCUT2D eigenvalue weighted by Gasteiger charge is 2.22. The molecule has 5 heteroatoms. The third-order valence-electron chi connectivity index (χ3n) is 5.82. The number of hydrogen-bond donors (Lipinski definition) is 1. The van der Waals surface area contributed by atoms with Gasteiger partial charge < -0.3 is 14.5 Å². The van der Waals surface area contributed by atoms with Crippen LogP contribution >= 0.6 is 0 Å². The molecule has 0 amide bonds. The van der Waals surface area contributed by atoms with Crippen LogP contribution in [0.2, 0.25) is 0 Å². The molecule has 30 heavy (non-hydrogen) atoms. The summed E-state index contributed by atoms with van der Waals surface area (Å²) in [5, 5.41) is 0. The standard InChI is InChI=1S/C25H26N4O/c1-3-9-21(10-4-1)28-17-15-27(16-18-28)20-29-24-14-8-7-13-23(24)26-25(29)19-30-22-11-5-2-6-12-22/h1-14H,15-20H2/p+1. The predicted molar refractivity (Wildman–Crippen MR) is 120 cm³/mol. The highest BCUT2D eigenvalue weighted by molar-refractivity contribution is 5.75. The minimum atomic E-state index is 0.474. The van der Waals surface area contributed by atoms with Gasteiger partial charge in [-0.25, -0.2) is 4.98 Å². The average Bonchev–Trinajstić information content (AvgIpc) is 3.17. The molecule has 1 aromatic heterocycles. The summed E-state index contributed by atoms with van der Waals surface area (Å²) in [5.74, 6) is 1.86. The molecule has 1 aliphatic rings. The summed E-state index contributed by atoms with van der Waals surface area (Å²) in [7, 11) is 0. The molecule has 1 fully saturated rings. The first kappa shape index (κ1) is 18.7. The zero-order valence-corrected chi connectivity index (χ0v) is 17.1. The number of imidazole rings is 1. The summed E-state index contributed by atoms with van der Waals surface area (Å²) in [6.07, 6.45) is 0. The van der Waals surface area contributed by atoms with Crippen LogP contribution in [-0.2, 0) is 13.3 Å². The molecule has 0 radical (unpaired) electrons. The normalized spacial score (nSPS) is 14.9. The lowest BCUT2D eigenvalue weighted by Crippen LogP contribution is -3.14. The second kappa shape index (κ2) is 8.59. The van der Waals surface area contributed by atoms with Gasteiger partial charge in [-0.15, -0.1) is 0 Å². The number of piperazine rings is 1. The molecule has 5 rings (SSSR count). The summed E-state index contributed by atoms with van der Waals surface area (Å²) < 4.78 is 8.36. The number of rotatable bonds is 6. The Labute approximate surface area is 177 Å². The molecule has 5 nitrogen and oxygen atoms in total. The first-order chi connectivity index (χ1) is 14.9. The van der Waals surface area contributed by atoms with E-state index >= 15 is 0 Å². The van der Waals surface area contributed by atoms with E-state index in [4.69, 9.17) is 9.72 Å². The van der Waals surface area contributed by atoms with Gasteiger partial charge in [0.2, 0.25) is 0 Å². The molecule has 0 aliphatic carbocycles. The van der Waals surface area contributed by atoms with E-state index in [2.05, 4.69) is 58.0 Å². The van der Waals surface area contributed by atoms with Gasteiger partial charge in [0.15, 0.2) is 12.5 Å².